The lowest BCUT2D eigenvalue weighted by atomic mass is 10.2. The van der Waals surface area contributed by atoms with E-state index < -0.39 is 5.82 Å². The van der Waals surface area contributed by atoms with Crippen LogP contribution in [0, 0.1) is 24.6 Å². The summed E-state index contributed by atoms with van der Waals surface area (Å²) in [7, 11) is 0. The summed E-state index contributed by atoms with van der Waals surface area (Å²) in [5, 5.41) is 2.58. The highest BCUT2D eigenvalue weighted by Crippen LogP contribution is 2.15. The highest BCUT2D eigenvalue weighted by atomic mass is 19.1. The number of amides is 1. The molecule has 2 aromatic rings. The largest absolute Gasteiger partial charge is 0.469 e. The molecule has 3 N–H and O–H groups in total. The number of rotatable bonds is 2. The van der Waals surface area contributed by atoms with Gasteiger partial charge in [-0.25, -0.2) is 4.39 Å². The second-order valence-corrected chi connectivity index (χ2v) is 4.10. The van der Waals surface area contributed by atoms with Gasteiger partial charge in [0.25, 0.3) is 5.91 Å². The number of aryl methyl sites for hydroxylation is 1. The van der Waals surface area contributed by atoms with Crippen molar-refractivity contribution >= 4 is 11.6 Å². The molecule has 1 amide bonds. The number of furan rings is 1. The van der Waals surface area contributed by atoms with Crippen LogP contribution in [0.1, 0.15) is 21.7 Å². The Morgan fingerprint density at radius 3 is 2.85 bits per heavy atom. The molecule has 0 bridgehead atoms. The van der Waals surface area contributed by atoms with Crippen molar-refractivity contribution in [2.24, 2.45) is 5.73 Å². The third kappa shape index (κ3) is 3.25. The van der Waals surface area contributed by atoms with E-state index in [4.69, 9.17) is 10.2 Å². The minimum Gasteiger partial charge on any atom is -0.469 e. The first-order chi connectivity index (χ1) is 9.60. The van der Waals surface area contributed by atoms with Gasteiger partial charge in [0.2, 0.25) is 0 Å². The van der Waals surface area contributed by atoms with E-state index in [-0.39, 0.29) is 18.0 Å². The number of carbonyl (C=O) groups is 1. The van der Waals surface area contributed by atoms with Gasteiger partial charge in [0, 0.05) is 5.69 Å². The molecule has 0 spiro atoms. The van der Waals surface area contributed by atoms with Crippen LogP contribution in [0.2, 0.25) is 0 Å². The molecule has 0 saturated carbocycles. The number of halogens is 1. The Morgan fingerprint density at radius 2 is 2.25 bits per heavy atom. The fraction of sp³-hybridized carbons (Fsp3) is 0.133. The number of nitrogens with one attached hydrogen (secondary N) is 1. The van der Waals surface area contributed by atoms with E-state index in [0.717, 1.165) is 0 Å². The summed E-state index contributed by atoms with van der Waals surface area (Å²) in [6, 6.07) is 5.89. The Kier molecular flexibility index (Phi) is 4.18. The normalized spacial score (nSPS) is 9.75. The van der Waals surface area contributed by atoms with E-state index in [1.807, 2.05) is 0 Å². The quantitative estimate of drug-likeness (QED) is 0.824. The molecular formula is C15H13FN2O2. The van der Waals surface area contributed by atoms with Crippen molar-refractivity contribution in [1.82, 2.24) is 0 Å². The second kappa shape index (κ2) is 6.04. The van der Waals surface area contributed by atoms with Gasteiger partial charge < -0.3 is 15.5 Å². The molecule has 2 rings (SSSR count). The first kappa shape index (κ1) is 13.8. The molecule has 1 aromatic heterocycles. The molecule has 0 aliphatic carbocycles. The van der Waals surface area contributed by atoms with E-state index >= 15 is 0 Å². The first-order valence-corrected chi connectivity index (χ1v) is 5.95. The van der Waals surface area contributed by atoms with E-state index in [1.54, 1.807) is 19.1 Å². The number of nitrogens with two attached hydrogens (primary N) is 1. The van der Waals surface area contributed by atoms with Crippen LogP contribution in [0.25, 0.3) is 0 Å². The smallest absolute Gasteiger partial charge is 0.258 e. The maximum atomic E-state index is 13.7. The Morgan fingerprint density at radius 1 is 1.45 bits per heavy atom. The van der Waals surface area contributed by atoms with Crippen LogP contribution in [-0.2, 0) is 0 Å². The molecule has 0 saturated heterocycles. The van der Waals surface area contributed by atoms with Gasteiger partial charge in [-0.3, -0.25) is 4.79 Å². The Balaban J connectivity index is 2.14. The highest BCUT2D eigenvalue weighted by molar-refractivity contribution is 6.04. The molecule has 0 aliphatic heterocycles. The van der Waals surface area contributed by atoms with E-state index in [2.05, 4.69) is 17.2 Å². The Hall–Kier alpha value is -2.58. The van der Waals surface area contributed by atoms with Gasteiger partial charge in [0.1, 0.15) is 17.8 Å². The molecule has 0 atom stereocenters. The predicted octanol–water partition coefficient (Wildman–Crippen LogP) is 2.29. The fourth-order valence-corrected chi connectivity index (χ4v) is 1.61. The summed E-state index contributed by atoms with van der Waals surface area (Å²) in [4.78, 5) is 11.9. The molecule has 0 aliphatic rings. The van der Waals surface area contributed by atoms with Crippen molar-refractivity contribution in [3.05, 3.63) is 53.2 Å². The van der Waals surface area contributed by atoms with Crippen molar-refractivity contribution in [2.45, 2.75) is 6.92 Å². The third-order valence-corrected chi connectivity index (χ3v) is 2.54. The van der Waals surface area contributed by atoms with E-state index in [0.29, 0.717) is 17.0 Å². The zero-order chi connectivity index (χ0) is 14.5. The molecule has 4 nitrogen and oxygen atoms in total. The van der Waals surface area contributed by atoms with Crippen LogP contribution in [0.15, 0.2) is 34.9 Å². The zero-order valence-corrected chi connectivity index (χ0v) is 10.9. The SMILES string of the molecule is Cc1cc(C(=O)Nc2ccc(C#CCN)c(F)c2)co1. The van der Waals surface area contributed by atoms with Crippen LogP contribution >= 0.6 is 0 Å². The number of carbonyl (C=O) groups excluding carboxylic acids is 1. The zero-order valence-electron chi connectivity index (χ0n) is 10.9. The molecule has 0 radical (unpaired) electrons. The summed E-state index contributed by atoms with van der Waals surface area (Å²) in [5.41, 5.74) is 6.21. The molecule has 1 aromatic carbocycles. The number of benzene rings is 1. The predicted molar refractivity (Wildman–Crippen MR) is 73.7 cm³/mol. The van der Waals surface area contributed by atoms with Crippen LogP contribution in [0.5, 0.6) is 0 Å². The number of hydrogen-bond acceptors (Lipinski definition) is 3. The number of hydrogen-bond donors (Lipinski definition) is 2. The van der Waals surface area contributed by atoms with Gasteiger partial charge in [-0.1, -0.05) is 11.8 Å². The molecule has 1 heterocycles. The highest BCUT2D eigenvalue weighted by Gasteiger charge is 2.10. The van der Waals surface area contributed by atoms with Crippen molar-refractivity contribution < 1.29 is 13.6 Å². The van der Waals surface area contributed by atoms with Gasteiger partial charge in [0.15, 0.2) is 0 Å². The average Bonchev–Trinajstić information content (AvgIpc) is 2.85. The number of anilines is 1. The van der Waals surface area contributed by atoms with Gasteiger partial charge in [-0.05, 0) is 31.2 Å². The molecular weight excluding hydrogens is 259 g/mol. The van der Waals surface area contributed by atoms with Crippen LogP contribution < -0.4 is 11.1 Å². The van der Waals surface area contributed by atoms with Crippen molar-refractivity contribution in [3.8, 4) is 11.8 Å². The summed E-state index contributed by atoms with van der Waals surface area (Å²) >= 11 is 0. The average molecular weight is 272 g/mol. The second-order valence-electron chi connectivity index (χ2n) is 4.10. The van der Waals surface area contributed by atoms with Crippen molar-refractivity contribution in [1.29, 1.82) is 0 Å². The first-order valence-electron chi connectivity index (χ1n) is 5.95. The van der Waals surface area contributed by atoms with Crippen LogP contribution in [-0.4, -0.2) is 12.5 Å². The van der Waals surface area contributed by atoms with Crippen LogP contribution in [0.4, 0.5) is 10.1 Å². The topological polar surface area (TPSA) is 68.3 Å². The summed E-state index contributed by atoms with van der Waals surface area (Å²) in [6.45, 7) is 1.90. The summed E-state index contributed by atoms with van der Waals surface area (Å²) in [6.07, 6.45) is 1.35. The minimum absolute atomic E-state index is 0.164. The standard InChI is InChI=1S/C15H13FN2O2/c1-10-7-12(9-20-10)15(19)18-13-5-4-11(3-2-6-17)14(16)8-13/h4-5,7-9H,6,17H2,1H3,(H,18,19). The Bertz CT molecular complexity index is 695. The third-order valence-electron chi connectivity index (χ3n) is 2.54. The molecule has 0 fully saturated rings. The molecule has 0 unspecified atom stereocenters. The van der Waals surface area contributed by atoms with Crippen molar-refractivity contribution in [3.63, 3.8) is 0 Å². The van der Waals surface area contributed by atoms with E-state index in [9.17, 15) is 9.18 Å². The molecule has 5 heteroatoms. The lowest BCUT2D eigenvalue weighted by Gasteiger charge is -2.04. The lowest BCUT2D eigenvalue weighted by molar-refractivity contribution is 0.102. The van der Waals surface area contributed by atoms with Gasteiger partial charge in [-0.2, -0.15) is 0 Å². The Labute approximate surface area is 115 Å². The fourth-order valence-electron chi connectivity index (χ4n) is 1.61. The van der Waals surface area contributed by atoms with Gasteiger partial charge >= 0.3 is 0 Å². The maximum absolute atomic E-state index is 13.7. The van der Waals surface area contributed by atoms with E-state index in [1.165, 1.54) is 18.4 Å². The minimum atomic E-state index is -0.507. The maximum Gasteiger partial charge on any atom is 0.258 e. The lowest BCUT2D eigenvalue weighted by Crippen LogP contribution is -2.11. The summed E-state index contributed by atoms with van der Waals surface area (Å²) < 4.78 is 18.8. The summed E-state index contributed by atoms with van der Waals surface area (Å²) in [5.74, 6) is 4.95. The van der Waals surface area contributed by atoms with Crippen molar-refractivity contribution in [2.75, 3.05) is 11.9 Å². The van der Waals surface area contributed by atoms with Crippen LogP contribution in [0.3, 0.4) is 0 Å². The molecule has 20 heavy (non-hydrogen) atoms. The van der Waals surface area contributed by atoms with Gasteiger partial charge in [0.05, 0.1) is 17.7 Å². The van der Waals surface area contributed by atoms with Gasteiger partial charge in [-0.15, -0.1) is 0 Å². The molecule has 102 valence electrons. The monoisotopic (exact) mass is 272 g/mol.